The first-order valence-corrected chi connectivity index (χ1v) is 13.0. The third kappa shape index (κ3) is 9.64. The van der Waals surface area contributed by atoms with E-state index in [0.29, 0.717) is 12.1 Å². The van der Waals surface area contributed by atoms with E-state index in [0.717, 1.165) is 25.1 Å². The van der Waals surface area contributed by atoms with Crippen molar-refractivity contribution in [1.82, 2.24) is 0 Å². The Balaban J connectivity index is 2.47. The first-order chi connectivity index (χ1) is 18.7. The van der Waals surface area contributed by atoms with Crippen LogP contribution in [0.25, 0.3) is 5.83 Å². The normalized spacial score (nSPS) is 14.6. The molecule has 0 aliphatic rings. The van der Waals surface area contributed by atoms with Crippen LogP contribution < -0.4 is 0 Å². The fraction of sp³-hybridized carbons (Fsp3) is 0.407. The first kappa shape index (κ1) is 35.0. The van der Waals surface area contributed by atoms with Crippen molar-refractivity contribution in [1.29, 1.82) is 0 Å². The van der Waals surface area contributed by atoms with Crippen LogP contribution in [0, 0.1) is 5.92 Å². The fourth-order valence-corrected chi connectivity index (χ4v) is 4.65. The van der Waals surface area contributed by atoms with Crippen LogP contribution in [0.5, 0.6) is 0 Å². The summed E-state index contributed by atoms with van der Waals surface area (Å²) in [6.45, 7) is 2.33. The molecule has 0 aliphatic heterocycles. The second-order valence-corrected chi connectivity index (χ2v) is 10.6. The molecule has 0 heterocycles. The van der Waals surface area contributed by atoms with Crippen LogP contribution in [0.3, 0.4) is 0 Å². The van der Waals surface area contributed by atoms with Crippen LogP contribution >= 0.6 is 34.8 Å². The number of hydrogen-bond donors (Lipinski definition) is 0. The number of ketones is 2. The highest BCUT2D eigenvalue weighted by atomic mass is 35.5. The Kier molecular flexibility index (Phi) is 11.4. The van der Waals surface area contributed by atoms with E-state index in [4.69, 9.17) is 34.8 Å². The summed E-state index contributed by atoms with van der Waals surface area (Å²) in [5, 5.41) is -0.568. The molecule has 0 bridgehead atoms. The lowest BCUT2D eigenvalue weighted by atomic mass is 9.88. The third-order valence-corrected chi connectivity index (χ3v) is 7.21. The lowest BCUT2D eigenvalue weighted by Gasteiger charge is -2.25. The monoisotopic (exact) mass is 654 g/mol. The highest BCUT2D eigenvalue weighted by Crippen LogP contribution is 2.43. The Morgan fingerprint density at radius 3 is 1.95 bits per heavy atom. The van der Waals surface area contributed by atoms with Crippen LogP contribution in [0.2, 0.25) is 15.1 Å². The zero-order chi connectivity index (χ0) is 31.5. The van der Waals surface area contributed by atoms with Crippen LogP contribution in [0.15, 0.2) is 36.4 Å². The summed E-state index contributed by atoms with van der Waals surface area (Å²) < 4.78 is 124. The molecule has 0 spiro atoms. The van der Waals surface area contributed by atoms with E-state index < -0.39 is 89.9 Å². The highest BCUT2D eigenvalue weighted by Gasteiger charge is 2.40. The minimum Gasteiger partial charge on any atom is -0.299 e. The smallest absolute Gasteiger partial charge is 0.299 e. The summed E-state index contributed by atoms with van der Waals surface area (Å²) in [6, 6.07) is 3.73. The predicted octanol–water partition coefficient (Wildman–Crippen LogP) is 10.9. The molecule has 0 saturated carbocycles. The minimum absolute atomic E-state index is 0.144. The van der Waals surface area contributed by atoms with Gasteiger partial charge in [0.2, 0.25) is 0 Å². The van der Waals surface area contributed by atoms with Crippen molar-refractivity contribution in [3.8, 4) is 0 Å². The second-order valence-electron chi connectivity index (χ2n) is 9.43. The number of carbonyl (C=O) groups excluding carboxylic acids is 2. The van der Waals surface area contributed by atoms with Gasteiger partial charge in [0, 0.05) is 30.4 Å². The summed E-state index contributed by atoms with van der Waals surface area (Å²) >= 11 is 17.7. The molecule has 0 fully saturated rings. The number of hydrogen-bond acceptors (Lipinski definition) is 2. The maximum Gasteiger partial charge on any atom is 0.417 e. The molecule has 0 aromatic heterocycles. The van der Waals surface area contributed by atoms with Crippen LogP contribution in [-0.2, 0) is 11.0 Å². The number of halogens is 12. The quantitative estimate of drug-likeness (QED) is 0.137. The zero-order valence-electron chi connectivity index (χ0n) is 21.3. The minimum atomic E-state index is -5.19. The molecule has 0 N–H and O–H groups in total. The molecule has 226 valence electrons. The first-order valence-electron chi connectivity index (χ1n) is 11.9. The summed E-state index contributed by atoms with van der Waals surface area (Å²) in [5.41, 5.74) is -3.54. The maximum absolute atomic E-state index is 15.3. The summed E-state index contributed by atoms with van der Waals surface area (Å²) in [4.78, 5) is 24.2. The van der Waals surface area contributed by atoms with Crippen molar-refractivity contribution in [2.75, 3.05) is 0 Å². The molecule has 2 atom stereocenters. The van der Waals surface area contributed by atoms with Crippen LogP contribution in [0.1, 0.15) is 72.5 Å². The Labute approximate surface area is 244 Å². The summed E-state index contributed by atoms with van der Waals surface area (Å²) in [5.74, 6) is -10.5. The van der Waals surface area contributed by atoms with Gasteiger partial charge in [-0.1, -0.05) is 60.8 Å². The molecule has 1 unspecified atom stereocenters. The number of allylic oxidation sites excluding steroid dienone is 1. The lowest BCUT2D eigenvalue weighted by Crippen LogP contribution is -2.24. The average molecular weight is 656 g/mol. The van der Waals surface area contributed by atoms with E-state index in [2.05, 4.69) is 0 Å². The van der Waals surface area contributed by atoms with Crippen molar-refractivity contribution in [3.05, 3.63) is 73.7 Å². The van der Waals surface area contributed by atoms with Gasteiger partial charge in [-0.3, -0.25) is 9.59 Å². The standard InChI is InChI=1S/C27H22Cl3F9O2/c1-3-25(32,33)18(15-9-20(28)24(30)21(29)10-15)11-22(31)14-4-5-17(19(8-14)27(37,38)39)23(41)7-13(2)6-16(40)12-26(34,35)36/h4-5,8-11,13,18H,3,6-7,12H2,1-2H3/b22-11-/t13-,18?/m1/s1. The van der Waals surface area contributed by atoms with Gasteiger partial charge in [-0.05, 0) is 35.8 Å². The summed E-state index contributed by atoms with van der Waals surface area (Å²) in [7, 11) is 0. The Morgan fingerprint density at radius 2 is 1.46 bits per heavy atom. The van der Waals surface area contributed by atoms with Crippen molar-refractivity contribution >= 4 is 52.2 Å². The molecule has 14 heteroatoms. The lowest BCUT2D eigenvalue weighted by molar-refractivity contribution is -0.152. The number of benzene rings is 2. The van der Waals surface area contributed by atoms with Gasteiger partial charge < -0.3 is 0 Å². The topological polar surface area (TPSA) is 34.1 Å². The van der Waals surface area contributed by atoms with Gasteiger partial charge in [0.1, 0.15) is 18.0 Å². The average Bonchev–Trinajstić information content (AvgIpc) is 2.82. The van der Waals surface area contributed by atoms with Crippen molar-refractivity contribution in [3.63, 3.8) is 0 Å². The van der Waals surface area contributed by atoms with Crippen LogP contribution in [-0.4, -0.2) is 23.7 Å². The molecule has 2 nitrogen and oxygen atoms in total. The molecule has 0 aliphatic carbocycles. The molecule has 0 radical (unpaired) electrons. The van der Waals surface area contributed by atoms with E-state index in [-0.39, 0.29) is 26.7 Å². The van der Waals surface area contributed by atoms with Gasteiger partial charge in [0.05, 0.1) is 26.5 Å². The fourth-order valence-electron chi connectivity index (χ4n) is 4.03. The zero-order valence-corrected chi connectivity index (χ0v) is 23.6. The number of rotatable bonds is 11. The van der Waals surface area contributed by atoms with E-state index in [9.17, 15) is 44.7 Å². The van der Waals surface area contributed by atoms with Crippen LogP contribution in [0.4, 0.5) is 39.5 Å². The van der Waals surface area contributed by atoms with Gasteiger partial charge in [-0.15, -0.1) is 0 Å². The highest BCUT2D eigenvalue weighted by molar-refractivity contribution is 6.48. The van der Waals surface area contributed by atoms with Gasteiger partial charge >= 0.3 is 12.4 Å². The van der Waals surface area contributed by atoms with Crippen molar-refractivity contribution < 1.29 is 49.1 Å². The molecule has 2 rings (SSSR count). The molecule has 0 amide bonds. The molecular formula is C27H22Cl3F9O2. The van der Waals surface area contributed by atoms with E-state index in [1.54, 1.807) is 0 Å². The SMILES string of the molecule is CCC(F)(F)C(/C=C(\F)c1ccc(C(=O)C[C@H](C)CC(=O)CC(F)(F)F)c(C(F)(F)F)c1)c1cc(Cl)c(Cl)c(Cl)c1. The van der Waals surface area contributed by atoms with Crippen molar-refractivity contribution in [2.24, 2.45) is 5.92 Å². The second kappa shape index (κ2) is 13.4. The van der Waals surface area contributed by atoms with Gasteiger partial charge in [-0.2, -0.15) is 26.3 Å². The Morgan fingerprint density at radius 1 is 0.902 bits per heavy atom. The predicted molar refractivity (Wildman–Crippen MR) is 138 cm³/mol. The largest absolute Gasteiger partial charge is 0.417 e. The van der Waals surface area contributed by atoms with E-state index in [1.165, 1.54) is 6.92 Å². The Bertz CT molecular complexity index is 1300. The third-order valence-electron chi connectivity index (χ3n) is 6.01. The maximum atomic E-state index is 15.3. The van der Waals surface area contributed by atoms with E-state index >= 15 is 4.39 Å². The number of alkyl halides is 8. The molecule has 2 aromatic carbocycles. The number of carbonyl (C=O) groups is 2. The van der Waals surface area contributed by atoms with Gasteiger partial charge in [-0.25, -0.2) is 13.2 Å². The number of Topliss-reactive ketones (excluding diaryl/α,β-unsaturated/α-hetero) is 2. The van der Waals surface area contributed by atoms with Crippen molar-refractivity contribution in [2.45, 2.75) is 63.7 Å². The Hall–Kier alpha value is -2.24. The van der Waals surface area contributed by atoms with Gasteiger partial charge in [0.15, 0.2) is 5.78 Å². The molecule has 0 saturated heterocycles. The van der Waals surface area contributed by atoms with E-state index in [1.807, 2.05) is 0 Å². The molecule has 41 heavy (non-hydrogen) atoms. The molecule has 2 aromatic rings. The summed E-state index contributed by atoms with van der Waals surface area (Å²) in [6.07, 6.45) is -13.5. The molecular weight excluding hydrogens is 634 g/mol. The van der Waals surface area contributed by atoms with Gasteiger partial charge in [0.25, 0.3) is 5.92 Å².